The van der Waals surface area contributed by atoms with Crippen molar-refractivity contribution >= 4 is 11.6 Å². The first-order valence-corrected chi connectivity index (χ1v) is 10.4. The van der Waals surface area contributed by atoms with Crippen LogP contribution in [0, 0.1) is 6.92 Å². The molecule has 0 unspecified atom stereocenters. The largest absolute Gasteiger partial charge is 0.507 e. The second kappa shape index (κ2) is 10.7. The summed E-state index contributed by atoms with van der Waals surface area (Å²) in [5.41, 5.74) is 0.165. The zero-order valence-electron chi connectivity index (χ0n) is 19.6. The van der Waals surface area contributed by atoms with Gasteiger partial charge in [-0.3, -0.25) is 4.79 Å². The monoisotopic (exact) mass is 469 g/mol. The molecule has 3 rings (SSSR count). The Labute approximate surface area is 196 Å². The summed E-state index contributed by atoms with van der Waals surface area (Å²) in [6.45, 7) is 1.55. The van der Waals surface area contributed by atoms with Crippen LogP contribution in [0.4, 0.5) is 5.69 Å². The maximum Gasteiger partial charge on any atom is 0.343 e. The van der Waals surface area contributed by atoms with Crippen molar-refractivity contribution in [1.82, 2.24) is 0 Å². The van der Waals surface area contributed by atoms with Gasteiger partial charge in [0.2, 0.25) is 11.7 Å². The lowest BCUT2D eigenvalue weighted by atomic mass is 9.87. The molecule has 0 bridgehead atoms. The Morgan fingerprint density at radius 3 is 2.21 bits per heavy atom. The van der Waals surface area contributed by atoms with Crippen molar-refractivity contribution in [2.45, 2.75) is 19.3 Å². The van der Waals surface area contributed by atoms with E-state index in [0.29, 0.717) is 28.5 Å². The second-order valence-corrected chi connectivity index (χ2v) is 7.40. The molecule has 0 aliphatic heterocycles. The van der Waals surface area contributed by atoms with E-state index in [2.05, 4.69) is 5.32 Å². The van der Waals surface area contributed by atoms with Crippen LogP contribution < -0.4 is 29.9 Å². The second-order valence-electron chi connectivity index (χ2n) is 7.40. The number of methoxy groups -OCH3 is 4. The third-order valence-electron chi connectivity index (χ3n) is 5.31. The Hall–Kier alpha value is -4.14. The van der Waals surface area contributed by atoms with Gasteiger partial charge in [0.1, 0.15) is 17.3 Å². The summed E-state index contributed by atoms with van der Waals surface area (Å²) in [4.78, 5) is 25.8. The molecule has 34 heavy (non-hydrogen) atoms. The number of hydrogen-bond donors (Lipinski definition) is 2. The number of carbonyl (C=O) groups excluding carboxylic acids is 1. The molecule has 9 nitrogen and oxygen atoms in total. The smallest absolute Gasteiger partial charge is 0.343 e. The van der Waals surface area contributed by atoms with Crippen molar-refractivity contribution in [3.05, 3.63) is 69.8 Å². The van der Waals surface area contributed by atoms with E-state index in [1.807, 2.05) is 0 Å². The molecule has 0 saturated heterocycles. The van der Waals surface area contributed by atoms with Crippen LogP contribution in [0.3, 0.4) is 0 Å². The topological polar surface area (TPSA) is 116 Å². The van der Waals surface area contributed by atoms with Crippen LogP contribution in [0.25, 0.3) is 0 Å². The molecule has 1 aromatic heterocycles. The molecule has 0 fully saturated rings. The molecule has 9 heteroatoms. The standard InChI is InChI=1S/C25H27NO8/c1-14-12-19(27)22(25(29)34-14)18(13-21(28)26-15-6-8-16(30-2)9-7-15)17-10-11-20(31-3)24(33-5)23(17)32-4/h6-12,18,27H,13H2,1-5H3,(H,26,28)/t18-/m0/s1. The highest BCUT2D eigenvalue weighted by molar-refractivity contribution is 5.91. The summed E-state index contributed by atoms with van der Waals surface area (Å²) in [5, 5.41) is 13.4. The molecule has 1 atom stereocenters. The van der Waals surface area contributed by atoms with E-state index in [9.17, 15) is 14.7 Å². The summed E-state index contributed by atoms with van der Waals surface area (Å²) in [7, 11) is 5.92. The van der Waals surface area contributed by atoms with Crippen molar-refractivity contribution in [2.75, 3.05) is 33.8 Å². The van der Waals surface area contributed by atoms with Gasteiger partial charge in [-0.15, -0.1) is 0 Å². The molecule has 2 N–H and O–H groups in total. The molecule has 2 aromatic carbocycles. The summed E-state index contributed by atoms with van der Waals surface area (Å²) in [6, 6.07) is 11.4. The number of rotatable bonds is 9. The lowest BCUT2D eigenvalue weighted by Crippen LogP contribution is -2.21. The van der Waals surface area contributed by atoms with E-state index >= 15 is 0 Å². The number of carbonyl (C=O) groups is 1. The minimum absolute atomic E-state index is 0.0685. The zero-order chi connectivity index (χ0) is 24.8. The fraction of sp³-hybridized carbons (Fsp3) is 0.280. The SMILES string of the molecule is COc1ccc(NC(=O)C[C@@H](c2ccc(OC)c(OC)c2OC)c2c(O)cc(C)oc2=O)cc1. The zero-order valence-corrected chi connectivity index (χ0v) is 19.6. The number of aryl methyl sites for hydroxylation is 1. The average molecular weight is 469 g/mol. The first kappa shape index (κ1) is 24.5. The van der Waals surface area contributed by atoms with Crippen LogP contribution in [0.5, 0.6) is 28.7 Å². The van der Waals surface area contributed by atoms with Gasteiger partial charge in [0.05, 0.1) is 34.0 Å². The van der Waals surface area contributed by atoms with Crippen LogP contribution in [-0.4, -0.2) is 39.5 Å². The number of anilines is 1. The minimum Gasteiger partial charge on any atom is -0.507 e. The molecule has 0 spiro atoms. The van der Waals surface area contributed by atoms with E-state index in [1.165, 1.54) is 27.4 Å². The average Bonchev–Trinajstić information content (AvgIpc) is 2.82. The highest BCUT2D eigenvalue weighted by Crippen LogP contribution is 2.46. The van der Waals surface area contributed by atoms with Gasteiger partial charge in [0.25, 0.3) is 0 Å². The Morgan fingerprint density at radius 2 is 1.65 bits per heavy atom. The van der Waals surface area contributed by atoms with Gasteiger partial charge < -0.3 is 33.8 Å². The molecular weight excluding hydrogens is 442 g/mol. The number of aromatic hydroxyl groups is 1. The Kier molecular flexibility index (Phi) is 7.68. The van der Waals surface area contributed by atoms with Gasteiger partial charge in [0, 0.05) is 29.7 Å². The van der Waals surface area contributed by atoms with Gasteiger partial charge in [-0.25, -0.2) is 4.79 Å². The summed E-state index contributed by atoms with van der Waals surface area (Å²) < 4.78 is 26.7. The summed E-state index contributed by atoms with van der Waals surface area (Å²) in [6.07, 6.45) is -0.195. The highest BCUT2D eigenvalue weighted by Gasteiger charge is 2.30. The maximum atomic E-state index is 13.0. The lowest BCUT2D eigenvalue weighted by Gasteiger charge is -2.22. The van der Waals surface area contributed by atoms with Crippen LogP contribution >= 0.6 is 0 Å². The fourth-order valence-electron chi connectivity index (χ4n) is 3.76. The van der Waals surface area contributed by atoms with E-state index in [4.69, 9.17) is 23.4 Å². The molecular formula is C25H27NO8. The normalized spacial score (nSPS) is 11.4. The first-order chi connectivity index (χ1) is 16.3. The van der Waals surface area contributed by atoms with Crippen LogP contribution in [0.1, 0.15) is 29.2 Å². The quantitative estimate of drug-likeness (QED) is 0.485. The number of benzene rings is 2. The molecule has 1 heterocycles. The molecule has 180 valence electrons. The first-order valence-electron chi connectivity index (χ1n) is 10.4. The van der Waals surface area contributed by atoms with Gasteiger partial charge >= 0.3 is 5.63 Å². The Balaban J connectivity index is 2.09. The van der Waals surface area contributed by atoms with E-state index in [0.717, 1.165) is 0 Å². The molecule has 0 aliphatic rings. The molecule has 3 aromatic rings. The molecule has 0 aliphatic carbocycles. The van der Waals surface area contributed by atoms with Crippen molar-refractivity contribution in [1.29, 1.82) is 0 Å². The van der Waals surface area contributed by atoms with Crippen molar-refractivity contribution < 1.29 is 33.3 Å². The van der Waals surface area contributed by atoms with E-state index in [1.54, 1.807) is 50.4 Å². The summed E-state index contributed by atoms with van der Waals surface area (Å²) >= 11 is 0. The van der Waals surface area contributed by atoms with Crippen LogP contribution in [0.15, 0.2) is 51.7 Å². The fourth-order valence-corrected chi connectivity index (χ4v) is 3.76. The predicted octanol–water partition coefficient (Wildman–Crippen LogP) is 3.85. The molecule has 0 radical (unpaired) electrons. The highest BCUT2D eigenvalue weighted by atomic mass is 16.5. The predicted molar refractivity (Wildman–Crippen MR) is 126 cm³/mol. The third kappa shape index (κ3) is 5.09. The van der Waals surface area contributed by atoms with E-state index < -0.39 is 17.5 Å². The third-order valence-corrected chi connectivity index (χ3v) is 5.31. The Morgan fingerprint density at radius 1 is 0.971 bits per heavy atom. The van der Waals surface area contributed by atoms with Gasteiger partial charge in [-0.2, -0.15) is 0 Å². The maximum absolute atomic E-state index is 13.0. The number of hydrogen-bond acceptors (Lipinski definition) is 8. The lowest BCUT2D eigenvalue weighted by molar-refractivity contribution is -0.116. The minimum atomic E-state index is -0.912. The van der Waals surface area contributed by atoms with E-state index in [-0.39, 0.29) is 29.2 Å². The number of nitrogens with one attached hydrogen (secondary N) is 1. The van der Waals surface area contributed by atoms with Gasteiger partial charge in [0.15, 0.2) is 11.5 Å². The number of amides is 1. The molecule has 0 saturated carbocycles. The van der Waals surface area contributed by atoms with Gasteiger partial charge in [-0.05, 0) is 37.3 Å². The van der Waals surface area contributed by atoms with Crippen molar-refractivity contribution in [3.63, 3.8) is 0 Å². The number of ether oxygens (including phenoxy) is 4. The molecule has 1 amide bonds. The summed E-state index contributed by atoms with van der Waals surface area (Å²) in [5.74, 6) is 0.261. The van der Waals surface area contributed by atoms with Crippen LogP contribution in [0.2, 0.25) is 0 Å². The van der Waals surface area contributed by atoms with Crippen molar-refractivity contribution in [2.24, 2.45) is 0 Å². The van der Waals surface area contributed by atoms with Crippen molar-refractivity contribution in [3.8, 4) is 28.7 Å². The van der Waals surface area contributed by atoms with Crippen LogP contribution in [-0.2, 0) is 4.79 Å². The Bertz CT molecular complexity index is 1220. The van der Waals surface area contributed by atoms with Gasteiger partial charge in [-0.1, -0.05) is 6.07 Å².